The molecule has 1 rings (SSSR count). The Bertz CT molecular complexity index is 339. The van der Waals surface area contributed by atoms with Gasteiger partial charge >= 0.3 is 0 Å². The number of carbonyl (C=O) groups is 2. The summed E-state index contributed by atoms with van der Waals surface area (Å²) in [5, 5.41) is 10.7. The number of rotatable bonds is 6. The van der Waals surface area contributed by atoms with Crippen LogP contribution in [0.4, 0.5) is 5.13 Å². The molecule has 16 heavy (non-hydrogen) atoms. The first-order valence-electron chi connectivity index (χ1n) is 4.83. The number of hydrogen-bond donors (Lipinski definition) is 3. The van der Waals surface area contributed by atoms with Crippen molar-refractivity contribution in [1.29, 1.82) is 0 Å². The van der Waals surface area contributed by atoms with Crippen LogP contribution in [0.3, 0.4) is 0 Å². The maximum atomic E-state index is 11.3. The summed E-state index contributed by atoms with van der Waals surface area (Å²) >= 11 is 1.44. The molecule has 2 amide bonds. The Morgan fingerprint density at radius 3 is 2.75 bits per heavy atom. The van der Waals surface area contributed by atoms with Crippen LogP contribution in [0.1, 0.15) is 6.92 Å². The van der Waals surface area contributed by atoms with Crippen LogP contribution < -0.4 is 16.0 Å². The van der Waals surface area contributed by atoms with Crippen LogP contribution in [-0.4, -0.2) is 36.4 Å². The molecule has 7 heteroatoms. The van der Waals surface area contributed by atoms with E-state index in [9.17, 15) is 9.59 Å². The molecule has 1 aromatic rings. The molecule has 0 bridgehead atoms. The maximum absolute atomic E-state index is 11.3. The minimum atomic E-state index is -0.124. The predicted octanol–water partition coefficient (Wildman–Crippen LogP) is -0.193. The molecule has 0 unspecified atom stereocenters. The summed E-state index contributed by atoms with van der Waals surface area (Å²) in [5.41, 5.74) is 0. The minimum Gasteiger partial charge on any atom is -0.355 e. The average Bonchev–Trinajstić information content (AvgIpc) is 2.74. The lowest BCUT2D eigenvalue weighted by Crippen LogP contribution is -2.36. The molecule has 0 atom stereocenters. The highest BCUT2D eigenvalue weighted by molar-refractivity contribution is 7.13. The molecule has 0 aliphatic carbocycles. The van der Waals surface area contributed by atoms with Gasteiger partial charge in [0.05, 0.1) is 6.54 Å². The molecule has 0 saturated heterocycles. The van der Waals surface area contributed by atoms with E-state index in [2.05, 4.69) is 20.9 Å². The number of thiazole rings is 1. The van der Waals surface area contributed by atoms with Gasteiger partial charge in [0, 0.05) is 31.6 Å². The number of anilines is 1. The van der Waals surface area contributed by atoms with E-state index in [0.29, 0.717) is 13.1 Å². The molecule has 0 fully saturated rings. The van der Waals surface area contributed by atoms with Gasteiger partial charge in [-0.3, -0.25) is 9.59 Å². The van der Waals surface area contributed by atoms with Gasteiger partial charge in [-0.15, -0.1) is 11.3 Å². The number of nitrogens with zero attached hydrogens (tertiary/aromatic N) is 1. The Balaban J connectivity index is 2.05. The van der Waals surface area contributed by atoms with E-state index >= 15 is 0 Å². The van der Waals surface area contributed by atoms with Crippen molar-refractivity contribution < 1.29 is 9.59 Å². The predicted molar refractivity (Wildman–Crippen MR) is 62.3 cm³/mol. The average molecular weight is 242 g/mol. The molecule has 0 aliphatic heterocycles. The fourth-order valence-electron chi connectivity index (χ4n) is 0.970. The molecular formula is C9H14N4O2S. The van der Waals surface area contributed by atoms with Gasteiger partial charge in [-0.05, 0) is 0 Å². The van der Waals surface area contributed by atoms with Crippen LogP contribution in [-0.2, 0) is 9.59 Å². The van der Waals surface area contributed by atoms with Crippen molar-refractivity contribution in [2.75, 3.05) is 25.0 Å². The minimum absolute atomic E-state index is 0.102. The van der Waals surface area contributed by atoms with Crippen molar-refractivity contribution in [3.8, 4) is 0 Å². The molecule has 0 radical (unpaired) electrons. The lowest BCUT2D eigenvalue weighted by atomic mass is 10.5. The largest absolute Gasteiger partial charge is 0.355 e. The number of nitrogens with one attached hydrogen (secondary N) is 3. The lowest BCUT2D eigenvalue weighted by molar-refractivity contribution is -0.121. The molecule has 3 N–H and O–H groups in total. The van der Waals surface area contributed by atoms with E-state index in [-0.39, 0.29) is 18.4 Å². The third-order valence-electron chi connectivity index (χ3n) is 1.65. The van der Waals surface area contributed by atoms with Crippen LogP contribution in [0.15, 0.2) is 11.6 Å². The summed E-state index contributed by atoms with van der Waals surface area (Å²) in [4.78, 5) is 25.8. The highest BCUT2D eigenvalue weighted by atomic mass is 32.1. The van der Waals surface area contributed by atoms with E-state index in [1.165, 1.54) is 18.3 Å². The Morgan fingerprint density at radius 1 is 1.38 bits per heavy atom. The van der Waals surface area contributed by atoms with Crippen LogP contribution >= 0.6 is 11.3 Å². The zero-order valence-electron chi connectivity index (χ0n) is 8.95. The van der Waals surface area contributed by atoms with Crippen molar-refractivity contribution in [2.24, 2.45) is 0 Å². The maximum Gasteiger partial charge on any atom is 0.239 e. The smallest absolute Gasteiger partial charge is 0.239 e. The van der Waals surface area contributed by atoms with Crippen LogP contribution in [0.25, 0.3) is 0 Å². The van der Waals surface area contributed by atoms with Crippen molar-refractivity contribution in [3.05, 3.63) is 11.6 Å². The van der Waals surface area contributed by atoms with E-state index in [4.69, 9.17) is 0 Å². The second-order valence-electron chi connectivity index (χ2n) is 3.02. The van der Waals surface area contributed by atoms with E-state index < -0.39 is 0 Å². The second kappa shape index (κ2) is 6.78. The summed E-state index contributed by atoms with van der Waals surface area (Å²) < 4.78 is 0. The number of amides is 2. The van der Waals surface area contributed by atoms with E-state index in [0.717, 1.165) is 5.13 Å². The molecular weight excluding hydrogens is 228 g/mol. The molecule has 88 valence electrons. The summed E-state index contributed by atoms with van der Waals surface area (Å²) in [7, 11) is 0. The third-order valence-corrected chi connectivity index (χ3v) is 2.38. The molecule has 1 heterocycles. The Kier molecular flexibility index (Phi) is 5.27. The van der Waals surface area contributed by atoms with Gasteiger partial charge in [-0.1, -0.05) is 0 Å². The second-order valence-corrected chi connectivity index (χ2v) is 3.92. The van der Waals surface area contributed by atoms with Crippen molar-refractivity contribution >= 4 is 28.3 Å². The fourth-order valence-corrected chi connectivity index (χ4v) is 1.50. The quantitative estimate of drug-likeness (QED) is 0.604. The standard InChI is InChI=1S/C9H14N4O2S/c1-7(14)10-2-3-11-8(15)6-13-9-12-4-5-16-9/h4-5H,2-3,6H2,1H3,(H,10,14)(H,11,15)(H,12,13). The highest BCUT2D eigenvalue weighted by Gasteiger charge is 2.01. The zero-order valence-corrected chi connectivity index (χ0v) is 9.76. The molecule has 0 saturated carbocycles. The summed E-state index contributed by atoms with van der Waals surface area (Å²) in [6.45, 7) is 2.50. The van der Waals surface area contributed by atoms with Crippen molar-refractivity contribution in [1.82, 2.24) is 15.6 Å². The third kappa shape index (κ3) is 5.30. The van der Waals surface area contributed by atoms with Gasteiger partial charge in [0.2, 0.25) is 11.8 Å². The lowest BCUT2D eigenvalue weighted by Gasteiger charge is -2.05. The van der Waals surface area contributed by atoms with Gasteiger partial charge < -0.3 is 16.0 Å². The zero-order chi connectivity index (χ0) is 11.8. The highest BCUT2D eigenvalue weighted by Crippen LogP contribution is 2.08. The first-order chi connectivity index (χ1) is 7.68. The molecule has 1 aromatic heterocycles. The Labute approximate surface area is 97.5 Å². The topological polar surface area (TPSA) is 83.1 Å². The molecule has 0 aliphatic rings. The molecule has 0 spiro atoms. The van der Waals surface area contributed by atoms with Gasteiger partial charge in [0.25, 0.3) is 0 Å². The number of hydrogen-bond acceptors (Lipinski definition) is 5. The Hall–Kier alpha value is -1.63. The van der Waals surface area contributed by atoms with Gasteiger partial charge in [0.15, 0.2) is 5.13 Å². The first-order valence-corrected chi connectivity index (χ1v) is 5.71. The van der Waals surface area contributed by atoms with Crippen LogP contribution in [0.2, 0.25) is 0 Å². The van der Waals surface area contributed by atoms with Gasteiger partial charge in [-0.25, -0.2) is 4.98 Å². The summed E-state index contributed by atoms with van der Waals surface area (Å²) in [6.07, 6.45) is 1.67. The number of aromatic nitrogens is 1. The van der Waals surface area contributed by atoms with Crippen molar-refractivity contribution in [2.45, 2.75) is 6.92 Å². The van der Waals surface area contributed by atoms with E-state index in [1.807, 2.05) is 5.38 Å². The number of carbonyl (C=O) groups excluding carboxylic acids is 2. The van der Waals surface area contributed by atoms with E-state index in [1.54, 1.807) is 6.20 Å². The van der Waals surface area contributed by atoms with Gasteiger partial charge in [0.1, 0.15) is 0 Å². The summed E-state index contributed by atoms with van der Waals surface area (Å²) in [6, 6.07) is 0. The van der Waals surface area contributed by atoms with Crippen LogP contribution in [0, 0.1) is 0 Å². The first kappa shape index (κ1) is 12.4. The normalized spacial score (nSPS) is 9.56. The van der Waals surface area contributed by atoms with Crippen molar-refractivity contribution in [3.63, 3.8) is 0 Å². The van der Waals surface area contributed by atoms with Crippen LogP contribution in [0.5, 0.6) is 0 Å². The SMILES string of the molecule is CC(=O)NCCNC(=O)CNc1nccs1. The Morgan fingerprint density at radius 2 is 2.12 bits per heavy atom. The summed E-state index contributed by atoms with van der Waals surface area (Å²) in [5.74, 6) is -0.226. The fraction of sp³-hybridized carbons (Fsp3) is 0.444. The monoisotopic (exact) mass is 242 g/mol. The molecule has 6 nitrogen and oxygen atoms in total. The van der Waals surface area contributed by atoms with Gasteiger partial charge in [-0.2, -0.15) is 0 Å². The molecule has 0 aromatic carbocycles.